The van der Waals surface area contributed by atoms with Crippen molar-refractivity contribution < 1.29 is 19.1 Å². The summed E-state index contributed by atoms with van der Waals surface area (Å²) in [7, 11) is 0. The topological polar surface area (TPSA) is 78.6 Å². The molecule has 30 heavy (non-hydrogen) atoms. The largest absolute Gasteiger partial charge is 0.466 e. The maximum Gasteiger partial charge on any atom is 0.322 e. The zero-order chi connectivity index (χ0) is 22.3. The lowest BCUT2D eigenvalue weighted by molar-refractivity contribution is -0.146. The van der Waals surface area contributed by atoms with Crippen LogP contribution in [0.5, 0.6) is 0 Å². The Hall–Kier alpha value is -1.10. The van der Waals surface area contributed by atoms with E-state index in [9.17, 15) is 9.59 Å². The predicted octanol–water partition coefficient (Wildman–Crippen LogP) is 6.46. The average molecular weight is 428 g/mol. The van der Waals surface area contributed by atoms with E-state index in [2.05, 4.69) is 13.8 Å². The minimum atomic E-state index is -0.741. The molecule has 178 valence electrons. The number of nitrogens with two attached hydrogens (primary N) is 1. The highest BCUT2D eigenvalue weighted by Gasteiger charge is 2.17. The summed E-state index contributed by atoms with van der Waals surface area (Å²) in [5, 5.41) is 0. The van der Waals surface area contributed by atoms with Crippen molar-refractivity contribution in [1.82, 2.24) is 0 Å². The van der Waals surface area contributed by atoms with Gasteiger partial charge in [0.15, 0.2) is 0 Å². The highest BCUT2D eigenvalue weighted by atomic mass is 16.5. The number of carbonyl (C=O) groups is 2. The number of hydrogen-bond donors (Lipinski definition) is 1. The third-order valence-corrected chi connectivity index (χ3v) is 5.47. The van der Waals surface area contributed by atoms with Gasteiger partial charge in [-0.3, -0.25) is 9.59 Å². The molecule has 0 rings (SSSR count). The first kappa shape index (κ1) is 28.9. The lowest BCUT2D eigenvalue weighted by Crippen LogP contribution is -2.33. The Labute approximate surface area is 185 Å². The van der Waals surface area contributed by atoms with E-state index in [1.165, 1.54) is 77.0 Å². The number of ether oxygens (including phenoxy) is 2. The lowest BCUT2D eigenvalue weighted by atomic mass is 10.1. The van der Waals surface area contributed by atoms with Gasteiger partial charge in [0, 0.05) is 6.42 Å². The molecule has 0 bridgehead atoms. The Morgan fingerprint density at radius 3 is 1.50 bits per heavy atom. The molecule has 0 amide bonds. The Kier molecular flexibility index (Phi) is 21.8. The average Bonchev–Trinajstić information content (AvgIpc) is 2.75. The number of carbonyl (C=O) groups excluding carboxylic acids is 2. The zero-order valence-corrected chi connectivity index (χ0v) is 19.9. The van der Waals surface area contributed by atoms with Crippen molar-refractivity contribution in [2.75, 3.05) is 13.2 Å². The molecule has 5 heteroatoms. The van der Waals surface area contributed by atoms with Crippen molar-refractivity contribution in [3.05, 3.63) is 0 Å². The van der Waals surface area contributed by atoms with Crippen molar-refractivity contribution >= 4 is 11.9 Å². The summed E-state index contributed by atoms with van der Waals surface area (Å²) in [6.45, 7) is 5.32. The number of unbranched alkanes of at least 4 members (excludes halogenated alkanes) is 14. The second kappa shape index (κ2) is 22.6. The summed E-state index contributed by atoms with van der Waals surface area (Å²) >= 11 is 0. The fraction of sp³-hybridized carbons (Fsp3) is 0.920. The number of rotatable bonds is 22. The van der Waals surface area contributed by atoms with Gasteiger partial charge in [0.1, 0.15) is 6.04 Å². The molecule has 0 unspecified atom stereocenters. The summed E-state index contributed by atoms with van der Waals surface area (Å²) in [4.78, 5) is 23.6. The van der Waals surface area contributed by atoms with Crippen LogP contribution in [0.2, 0.25) is 0 Å². The quantitative estimate of drug-likeness (QED) is 0.158. The van der Waals surface area contributed by atoms with Crippen LogP contribution >= 0.6 is 0 Å². The first-order chi connectivity index (χ1) is 14.6. The third kappa shape index (κ3) is 20.2. The summed E-state index contributed by atoms with van der Waals surface area (Å²) in [6.07, 6.45) is 19.9. The fourth-order valence-corrected chi connectivity index (χ4v) is 3.40. The second-order valence-corrected chi connectivity index (χ2v) is 8.48. The number of esters is 2. The SMILES string of the molecule is CCCCCCCCCCCCOC(=O)[C@@H](N)CCC(=O)OCCCCCCCC. The van der Waals surface area contributed by atoms with Crippen LogP contribution in [0.1, 0.15) is 129 Å². The van der Waals surface area contributed by atoms with E-state index in [-0.39, 0.29) is 18.8 Å². The zero-order valence-electron chi connectivity index (χ0n) is 19.9. The third-order valence-electron chi connectivity index (χ3n) is 5.47. The van der Waals surface area contributed by atoms with E-state index < -0.39 is 12.0 Å². The van der Waals surface area contributed by atoms with Gasteiger partial charge in [-0.15, -0.1) is 0 Å². The highest BCUT2D eigenvalue weighted by Crippen LogP contribution is 2.11. The van der Waals surface area contributed by atoms with Gasteiger partial charge < -0.3 is 15.2 Å². The van der Waals surface area contributed by atoms with Gasteiger partial charge in [-0.2, -0.15) is 0 Å². The summed E-state index contributed by atoms with van der Waals surface area (Å²) in [6, 6.07) is -0.741. The molecule has 0 fully saturated rings. The standard InChI is InChI=1S/C25H49NO4/c1-3-5-7-9-11-12-13-14-16-18-22-30-25(28)23(26)19-20-24(27)29-21-17-15-10-8-6-4-2/h23H,3-22,26H2,1-2H3/t23-/m0/s1. The van der Waals surface area contributed by atoms with Gasteiger partial charge in [0.05, 0.1) is 13.2 Å². The minimum Gasteiger partial charge on any atom is -0.466 e. The molecule has 0 spiro atoms. The molecular formula is C25H49NO4. The van der Waals surface area contributed by atoms with Gasteiger partial charge >= 0.3 is 11.9 Å². The Morgan fingerprint density at radius 1 is 0.633 bits per heavy atom. The Balaban J connectivity index is 3.47. The molecule has 0 saturated carbocycles. The predicted molar refractivity (Wildman–Crippen MR) is 124 cm³/mol. The lowest BCUT2D eigenvalue weighted by Gasteiger charge is -2.11. The van der Waals surface area contributed by atoms with Gasteiger partial charge in [0.2, 0.25) is 0 Å². The molecule has 2 N–H and O–H groups in total. The van der Waals surface area contributed by atoms with Crippen LogP contribution in [0.25, 0.3) is 0 Å². The van der Waals surface area contributed by atoms with Crippen molar-refractivity contribution in [3.63, 3.8) is 0 Å². The van der Waals surface area contributed by atoms with Crippen molar-refractivity contribution in [2.45, 2.75) is 135 Å². The maximum absolute atomic E-state index is 11.9. The van der Waals surface area contributed by atoms with Crippen LogP contribution < -0.4 is 5.73 Å². The van der Waals surface area contributed by atoms with Crippen molar-refractivity contribution in [3.8, 4) is 0 Å². The first-order valence-corrected chi connectivity index (χ1v) is 12.7. The van der Waals surface area contributed by atoms with Gasteiger partial charge in [-0.25, -0.2) is 0 Å². The van der Waals surface area contributed by atoms with E-state index in [0.29, 0.717) is 13.2 Å². The molecule has 0 aliphatic heterocycles. The van der Waals surface area contributed by atoms with Gasteiger partial charge in [0.25, 0.3) is 0 Å². The Bertz CT molecular complexity index is 401. The van der Waals surface area contributed by atoms with Crippen LogP contribution in [0.3, 0.4) is 0 Å². The molecule has 5 nitrogen and oxygen atoms in total. The fourth-order valence-electron chi connectivity index (χ4n) is 3.40. The van der Waals surface area contributed by atoms with E-state index in [1.54, 1.807) is 0 Å². The van der Waals surface area contributed by atoms with Crippen LogP contribution in [-0.4, -0.2) is 31.2 Å². The molecule has 1 atom stereocenters. The van der Waals surface area contributed by atoms with E-state index in [0.717, 1.165) is 25.7 Å². The first-order valence-electron chi connectivity index (χ1n) is 12.7. The summed E-state index contributed by atoms with van der Waals surface area (Å²) < 4.78 is 10.4. The van der Waals surface area contributed by atoms with Crippen molar-refractivity contribution in [1.29, 1.82) is 0 Å². The second-order valence-electron chi connectivity index (χ2n) is 8.48. The van der Waals surface area contributed by atoms with E-state index >= 15 is 0 Å². The molecular weight excluding hydrogens is 378 g/mol. The van der Waals surface area contributed by atoms with Crippen LogP contribution in [0, 0.1) is 0 Å². The van der Waals surface area contributed by atoms with Crippen LogP contribution in [0.4, 0.5) is 0 Å². The normalized spacial score (nSPS) is 12.0. The monoisotopic (exact) mass is 427 g/mol. The van der Waals surface area contributed by atoms with Gasteiger partial charge in [-0.1, -0.05) is 104 Å². The molecule has 0 aromatic heterocycles. The van der Waals surface area contributed by atoms with E-state index in [4.69, 9.17) is 15.2 Å². The molecule has 0 aliphatic rings. The van der Waals surface area contributed by atoms with Crippen LogP contribution in [0.15, 0.2) is 0 Å². The molecule has 0 aromatic carbocycles. The molecule has 0 radical (unpaired) electrons. The van der Waals surface area contributed by atoms with Gasteiger partial charge in [-0.05, 0) is 19.3 Å². The van der Waals surface area contributed by atoms with E-state index in [1.807, 2.05) is 0 Å². The minimum absolute atomic E-state index is 0.171. The summed E-state index contributed by atoms with van der Waals surface area (Å²) in [5.74, 6) is -0.684. The molecule has 0 saturated heterocycles. The summed E-state index contributed by atoms with van der Waals surface area (Å²) in [5.41, 5.74) is 5.84. The Morgan fingerprint density at radius 2 is 1.03 bits per heavy atom. The van der Waals surface area contributed by atoms with Crippen molar-refractivity contribution in [2.24, 2.45) is 5.73 Å². The molecule has 0 aromatic rings. The molecule has 0 aliphatic carbocycles. The molecule has 0 heterocycles. The van der Waals surface area contributed by atoms with Crippen LogP contribution in [-0.2, 0) is 19.1 Å². The maximum atomic E-state index is 11.9. The number of hydrogen-bond acceptors (Lipinski definition) is 5. The smallest absolute Gasteiger partial charge is 0.322 e. The highest BCUT2D eigenvalue weighted by molar-refractivity contribution is 5.77.